The minimum atomic E-state index is -1.16. The second-order valence-corrected chi connectivity index (χ2v) is 5.61. The standard InChI is InChI=1S/C15H20O5.C4H8/c1-3-4-7-10-19-11(2)20-15(18)13-9-6-5-8-12(13)14(16)17;1-4(2)3/h5-6,8-9,11H,3-4,7,10H2,1-2H3,(H,16,17);1H2,2-3H3. The van der Waals surface area contributed by atoms with Gasteiger partial charge in [-0.1, -0.05) is 37.5 Å². The molecule has 0 bridgehead atoms. The van der Waals surface area contributed by atoms with Crippen LogP contribution in [0.4, 0.5) is 0 Å². The van der Waals surface area contributed by atoms with Crippen LogP contribution in [0, 0.1) is 0 Å². The van der Waals surface area contributed by atoms with Gasteiger partial charge in [0.05, 0.1) is 17.7 Å². The molecule has 0 amide bonds. The van der Waals surface area contributed by atoms with Crippen LogP contribution in [0.1, 0.15) is 67.7 Å². The van der Waals surface area contributed by atoms with Crippen molar-refractivity contribution in [2.24, 2.45) is 0 Å². The highest BCUT2D eigenvalue weighted by Crippen LogP contribution is 2.12. The number of carboxylic acid groups (broad SMARTS) is 1. The topological polar surface area (TPSA) is 72.8 Å². The Morgan fingerprint density at radius 2 is 1.71 bits per heavy atom. The average Bonchev–Trinajstić information content (AvgIpc) is 2.51. The Hall–Kier alpha value is -2.14. The van der Waals surface area contributed by atoms with Gasteiger partial charge in [-0.25, -0.2) is 9.59 Å². The maximum atomic E-state index is 11.9. The Balaban J connectivity index is 0.00000118. The maximum Gasteiger partial charge on any atom is 0.341 e. The number of rotatable bonds is 8. The second kappa shape index (κ2) is 12.3. The Morgan fingerprint density at radius 3 is 2.21 bits per heavy atom. The number of hydrogen-bond acceptors (Lipinski definition) is 4. The zero-order valence-corrected chi connectivity index (χ0v) is 15.0. The van der Waals surface area contributed by atoms with E-state index in [-0.39, 0.29) is 11.1 Å². The van der Waals surface area contributed by atoms with Crippen molar-refractivity contribution in [2.45, 2.75) is 53.2 Å². The molecule has 0 radical (unpaired) electrons. The molecule has 24 heavy (non-hydrogen) atoms. The monoisotopic (exact) mass is 336 g/mol. The molecule has 134 valence electrons. The predicted octanol–water partition coefficient (Wildman–Crippen LogP) is 4.68. The highest BCUT2D eigenvalue weighted by Gasteiger charge is 2.19. The van der Waals surface area contributed by atoms with Gasteiger partial charge in [0, 0.05) is 0 Å². The molecule has 1 atom stereocenters. The van der Waals surface area contributed by atoms with Crippen molar-refractivity contribution >= 4 is 11.9 Å². The Labute approximate surface area is 144 Å². The molecular weight excluding hydrogens is 308 g/mol. The lowest BCUT2D eigenvalue weighted by atomic mass is 10.1. The van der Waals surface area contributed by atoms with Gasteiger partial charge in [0.2, 0.25) is 0 Å². The largest absolute Gasteiger partial charge is 0.478 e. The van der Waals surface area contributed by atoms with Gasteiger partial charge in [-0.05, 0) is 39.3 Å². The quantitative estimate of drug-likeness (QED) is 0.323. The van der Waals surface area contributed by atoms with Gasteiger partial charge in [-0.15, -0.1) is 6.58 Å². The SMILES string of the molecule is C=C(C)C.CCCCCOC(C)OC(=O)c1ccccc1C(=O)O. The molecule has 1 N–H and O–H groups in total. The third kappa shape index (κ3) is 9.79. The molecule has 1 unspecified atom stereocenters. The predicted molar refractivity (Wildman–Crippen MR) is 94.2 cm³/mol. The summed E-state index contributed by atoms with van der Waals surface area (Å²) < 4.78 is 10.4. The lowest BCUT2D eigenvalue weighted by Crippen LogP contribution is -2.20. The van der Waals surface area contributed by atoms with Crippen LogP contribution in [0.15, 0.2) is 36.4 Å². The van der Waals surface area contributed by atoms with E-state index in [4.69, 9.17) is 14.6 Å². The number of carbonyl (C=O) groups excluding carboxylic acids is 1. The van der Waals surface area contributed by atoms with Crippen LogP contribution in [-0.2, 0) is 9.47 Å². The summed E-state index contributed by atoms with van der Waals surface area (Å²) in [7, 11) is 0. The molecule has 0 aliphatic rings. The number of unbranched alkanes of at least 4 members (excludes halogenated alkanes) is 2. The smallest absolute Gasteiger partial charge is 0.341 e. The molecule has 1 aromatic rings. The number of hydrogen-bond donors (Lipinski definition) is 1. The van der Waals surface area contributed by atoms with Crippen molar-refractivity contribution < 1.29 is 24.2 Å². The van der Waals surface area contributed by atoms with E-state index in [1.165, 1.54) is 17.7 Å². The van der Waals surface area contributed by atoms with Crippen molar-refractivity contribution in [3.8, 4) is 0 Å². The van der Waals surface area contributed by atoms with Crippen LogP contribution in [0.5, 0.6) is 0 Å². The third-order valence-corrected chi connectivity index (χ3v) is 2.75. The number of allylic oxidation sites excluding steroid dienone is 1. The molecule has 5 nitrogen and oxygen atoms in total. The maximum absolute atomic E-state index is 11.9. The van der Waals surface area contributed by atoms with E-state index in [1.807, 2.05) is 13.8 Å². The summed E-state index contributed by atoms with van der Waals surface area (Å²) in [4.78, 5) is 22.9. The molecule has 0 aliphatic heterocycles. The first-order valence-corrected chi connectivity index (χ1v) is 8.06. The van der Waals surface area contributed by atoms with E-state index in [0.717, 1.165) is 19.3 Å². The van der Waals surface area contributed by atoms with Gasteiger partial charge in [0.15, 0.2) is 6.29 Å². The highest BCUT2D eigenvalue weighted by molar-refractivity contribution is 6.02. The minimum Gasteiger partial charge on any atom is -0.478 e. The summed E-state index contributed by atoms with van der Waals surface area (Å²) in [6, 6.07) is 5.95. The Morgan fingerprint density at radius 1 is 1.17 bits per heavy atom. The molecule has 5 heteroatoms. The zero-order chi connectivity index (χ0) is 18.5. The Bertz CT molecular complexity index is 532. The number of esters is 1. The van der Waals surface area contributed by atoms with Gasteiger partial charge >= 0.3 is 11.9 Å². The summed E-state index contributed by atoms with van der Waals surface area (Å²) in [5, 5.41) is 9.01. The Kier molecular flexibility index (Phi) is 11.2. The minimum absolute atomic E-state index is 0.0315. The number of carbonyl (C=O) groups is 2. The molecule has 1 rings (SSSR count). The van der Waals surface area contributed by atoms with Gasteiger partial charge in [0.25, 0.3) is 0 Å². The summed E-state index contributed by atoms with van der Waals surface area (Å²) in [6.07, 6.45) is 2.36. The van der Waals surface area contributed by atoms with Crippen LogP contribution in [-0.4, -0.2) is 29.9 Å². The summed E-state index contributed by atoms with van der Waals surface area (Å²) in [5.41, 5.74) is 1.12. The first-order chi connectivity index (χ1) is 11.3. The molecular formula is C19H28O5. The van der Waals surface area contributed by atoms with Crippen LogP contribution in [0.2, 0.25) is 0 Å². The van der Waals surface area contributed by atoms with E-state index < -0.39 is 18.2 Å². The third-order valence-electron chi connectivity index (χ3n) is 2.75. The number of carboxylic acids is 1. The summed E-state index contributed by atoms with van der Waals surface area (Å²) in [5.74, 6) is -1.85. The number of ether oxygens (including phenoxy) is 2. The number of aromatic carboxylic acids is 1. The van der Waals surface area contributed by atoms with Crippen molar-refractivity contribution in [1.82, 2.24) is 0 Å². The van der Waals surface area contributed by atoms with Gasteiger partial charge in [-0.2, -0.15) is 0 Å². The van der Waals surface area contributed by atoms with E-state index in [9.17, 15) is 9.59 Å². The van der Waals surface area contributed by atoms with Crippen LogP contribution < -0.4 is 0 Å². The fourth-order valence-electron chi connectivity index (χ4n) is 1.70. The molecule has 0 aromatic heterocycles. The van der Waals surface area contributed by atoms with Crippen LogP contribution >= 0.6 is 0 Å². The normalized spacial score (nSPS) is 11.0. The molecule has 0 fully saturated rings. The molecule has 1 aromatic carbocycles. The van der Waals surface area contributed by atoms with E-state index in [1.54, 1.807) is 19.1 Å². The lowest BCUT2D eigenvalue weighted by molar-refractivity contribution is -0.0987. The van der Waals surface area contributed by atoms with Crippen molar-refractivity contribution in [3.05, 3.63) is 47.5 Å². The van der Waals surface area contributed by atoms with Gasteiger partial charge < -0.3 is 14.6 Å². The van der Waals surface area contributed by atoms with Crippen LogP contribution in [0.3, 0.4) is 0 Å². The first-order valence-electron chi connectivity index (χ1n) is 8.06. The van der Waals surface area contributed by atoms with E-state index in [0.29, 0.717) is 6.61 Å². The summed E-state index contributed by atoms with van der Waals surface area (Å²) in [6.45, 7) is 11.7. The fraction of sp³-hybridized carbons (Fsp3) is 0.474. The van der Waals surface area contributed by atoms with Crippen LogP contribution in [0.25, 0.3) is 0 Å². The number of benzene rings is 1. The highest BCUT2D eigenvalue weighted by atomic mass is 16.7. The summed E-state index contributed by atoms with van der Waals surface area (Å²) >= 11 is 0. The van der Waals surface area contributed by atoms with Crippen molar-refractivity contribution in [3.63, 3.8) is 0 Å². The average molecular weight is 336 g/mol. The lowest BCUT2D eigenvalue weighted by Gasteiger charge is -2.14. The molecule has 0 saturated heterocycles. The van der Waals surface area contributed by atoms with Gasteiger partial charge in [0.1, 0.15) is 0 Å². The second-order valence-electron chi connectivity index (χ2n) is 5.61. The molecule has 0 saturated carbocycles. The molecule has 0 spiro atoms. The zero-order valence-electron chi connectivity index (χ0n) is 15.0. The van der Waals surface area contributed by atoms with Gasteiger partial charge in [-0.3, -0.25) is 0 Å². The first kappa shape index (κ1) is 21.9. The molecule has 0 heterocycles. The van der Waals surface area contributed by atoms with Crippen molar-refractivity contribution in [2.75, 3.05) is 6.61 Å². The fourth-order valence-corrected chi connectivity index (χ4v) is 1.70. The molecule has 0 aliphatic carbocycles. The van der Waals surface area contributed by atoms with Crippen molar-refractivity contribution in [1.29, 1.82) is 0 Å². The van der Waals surface area contributed by atoms with E-state index in [2.05, 4.69) is 13.5 Å². The van der Waals surface area contributed by atoms with E-state index >= 15 is 0 Å².